The highest BCUT2D eigenvalue weighted by molar-refractivity contribution is 5.76. The molecule has 1 aromatic heterocycles. The number of nitrogens with zero attached hydrogens (tertiary/aromatic N) is 5. The van der Waals surface area contributed by atoms with Crippen molar-refractivity contribution in [2.24, 2.45) is 0 Å². The molecule has 7 heteroatoms. The van der Waals surface area contributed by atoms with Crippen molar-refractivity contribution in [1.29, 1.82) is 0 Å². The maximum absolute atomic E-state index is 13.7. The van der Waals surface area contributed by atoms with Gasteiger partial charge in [-0.05, 0) is 68.1 Å². The van der Waals surface area contributed by atoms with Crippen molar-refractivity contribution in [2.45, 2.75) is 26.6 Å². The molecule has 6 nitrogen and oxygen atoms in total. The number of imidazole rings is 1. The summed E-state index contributed by atoms with van der Waals surface area (Å²) in [5.41, 5.74) is 6.64. The van der Waals surface area contributed by atoms with Crippen LogP contribution >= 0.6 is 0 Å². The quantitative estimate of drug-likeness (QED) is 0.371. The third-order valence-electron chi connectivity index (χ3n) is 7.69. The molecule has 1 saturated heterocycles. The lowest BCUT2D eigenvalue weighted by Gasteiger charge is -2.34. The molecule has 1 fully saturated rings. The average molecular weight is 511 g/mol. The standard InChI is InChI=1S/C31H35FN6/c1-23-3-11-27(12-4-23)33-31-30(25-7-9-26(32)10-8-25)34-29-22-36(17-20-38(29)31)21-24-5-13-28(14-6-24)37-18-15-35(2)16-19-37/h3-14,33H,15-22H2,1-2H3. The summed E-state index contributed by atoms with van der Waals surface area (Å²) in [5, 5.41) is 3.61. The predicted molar refractivity (Wildman–Crippen MR) is 152 cm³/mol. The molecule has 0 aliphatic carbocycles. The second-order valence-corrected chi connectivity index (χ2v) is 10.5. The van der Waals surface area contributed by atoms with Gasteiger partial charge in [0.1, 0.15) is 23.2 Å². The summed E-state index contributed by atoms with van der Waals surface area (Å²) in [5.74, 6) is 1.75. The van der Waals surface area contributed by atoms with E-state index < -0.39 is 0 Å². The molecule has 1 N–H and O–H groups in total. The molecular weight excluding hydrogens is 475 g/mol. The number of piperazine rings is 1. The summed E-state index contributed by atoms with van der Waals surface area (Å²) in [6, 6.07) is 24.1. The van der Waals surface area contributed by atoms with Gasteiger partial charge in [0.2, 0.25) is 0 Å². The van der Waals surface area contributed by atoms with Crippen molar-refractivity contribution in [3.8, 4) is 11.3 Å². The third kappa shape index (κ3) is 5.30. The van der Waals surface area contributed by atoms with Gasteiger partial charge in [-0.2, -0.15) is 0 Å². The molecule has 196 valence electrons. The van der Waals surface area contributed by atoms with E-state index in [0.29, 0.717) is 0 Å². The number of aromatic nitrogens is 2. The molecule has 2 aliphatic rings. The maximum Gasteiger partial charge on any atom is 0.138 e. The highest BCUT2D eigenvalue weighted by atomic mass is 19.1. The largest absolute Gasteiger partial charge is 0.369 e. The minimum absolute atomic E-state index is 0.240. The number of fused-ring (bicyclic) bond motifs is 1. The lowest BCUT2D eigenvalue weighted by Crippen LogP contribution is -2.44. The molecule has 3 heterocycles. The van der Waals surface area contributed by atoms with Crippen molar-refractivity contribution < 1.29 is 4.39 Å². The summed E-state index contributed by atoms with van der Waals surface area (Å²) in [6.45, 7) is 9.92. The molecule has 0 atom stereocenters. The van der Waals surface area contributed by atoms with Crippen LogP contribution in [0, 0.1) is 12.7 Å². The van der Waals surface area contributed by atoms with Crippen LogP contribution < -0.4 is 10.2 Å². The second-order valence-electron chi connectivity index (χ2n) is 10.5. The molecule has 3 aromatic carbocycles. The Bertz CT molecular complexity index is 1370. The van der Waals surface area contributed by atoms with Gasteiger partial charge in [0.15, 0.2) is 0 Å². The fourth-order valence-corrected chi connectivity index (χ4v) is 5.36. The topological polar surface area (TPSA) is 39.6 Å². The van der Waals surface area contributed by atoms with Crippen molar-refractivity contribution in [1.82, 2.24) is 19.4 Å². The number of benzene rings is 3. The number of rotatable bonds is 6. The Kier molecular flexibility index (Phi) is 6.87. The minimum Gasteiger partial charge on any atom is -0.369 e. The molecule has 38 heavy (non-hydrogen) atoms. The Hall–Kier alpha value is -3.68. The van der Waals surface area contributed by atoms with Crippen molar-refractivity contribution in [3.63, 3.8) is 0 Å². The molecule has 0 amide bonds. The van der Waals surface area contributed by atoms with Gasteiger partial charge in [0.25, 0.3) is 0 Å². The van der Waals surface area contributed by atoms with Crippen LogP contribution in [-0.2, 0) is 19.6 Å². The summed E-state index contributed by atoms with van der Waals surface area (Å²) >= 11 is 0. The van der Waals surface area contributed by atoms with Crippen LogP contribution in [0.15, 0.2) is 72.8 Å². The van der Waals surface area contributed by atoms with E-state index >= 15 is 0 Å². The number of hydrogen-bond acceptors (Lipinski definition) is 5. The molecule has 4 aromatic rings. The van der Waals surface area contributed by atoms with E-state index in [-0.39, 0.29) is 5.82 Å². The van der Waals surface area contributed by atoms with Crippen LogP contribution in [0.1, 0.15) is 17.0 Å². The molecule has 0 spiro atoms. The fraction of sp³-hybridized carbons (Fsp3) is 0.323. The number of halogens is 1. The molecule has 0 saturated carbocycles. The zero-order valence-corrected chi connectivity index (χ0v) is 22.2. The maximum atomic E-state index is 13.7. The molecule has 2 aliphatic heterocycles. The van der Waals surface area contributed by atoms with Gasteiger partial charge < -0.3 is 19.7 Å². The van der Waals surface area contributed by atoms with E-state index in [0.717, 1.165) is 80.9 Å². The van der Waals surface area contributed by atoms with Crippen LogP contribution in [-0.4, -0.2) is 59.1 Å². The summed E-state index contributed by atoms with van der Waals surface area (Å²) < 4.78 is 15.9. The van der Waals surface area contributed by atoms with Crippen LogP contribution in [0.3, 0.4) is 0 Å². The zero-order chi connectivity index (χ0) is 26.1. The van der Waals surface area contributed by atoms with Crippen molar-refractivity contribution >= 4 is 17.2 Å². The van der Waals surface area contributed by atoms with E-state index in [4.69, 9.17) is 4.98 Å². The molecule has 0 radical (unpaired) electrons. The van der Waals surface area contributed by atoms with Crippen LogP contribution in [0.2, 0.25) is 0 Å². The van der Waals surface area contributed by atoms with E-state index in [1.165, 1.54) is 28.9 Å². The monoisotopic (exact) mass is 510 g/mol. The number of nitrogens with one attached hydrogen (secondary N) is 1. The third-order valence-corrected chi connectivity index (χ3v) is 7.69. The number of aryl methyl sites for hydroxylation is 1. The molecule has 0 bridgehead atoms. The fourth-order valence-electron chi connectivity index (χ4n) is 5.36. The Morgan fingerprint density at radius 3 is 2.24 bits per heavy atom. The van der Waals surface area contributed by atoms with Crippen molar-refractivity contribution in [3.05, 3.63) is 95.6 Å². The predicted octanol–water partition coefficient (Wildman–Crippen LogP) is 5.51. The molecular formula is C31H35FN6. The van der Waals surface area contributed by atoms with Gasteiger partial charge in [0.05, 0.1) is 6.54 Å². The summed E-state index contributed by atoms with van der Waals surface area (Å²) in [6.07, 6.45) is 0. The Morgan fingerprint density at radius 2 is 1.53 bits per heavy atom. The zero-order valence-electron chi connectivity index (χ0n) is 22.2. The first-order chi connectivity index (χ1) is 18.5. The van der Waals surface area contributed by atoms with E-state index in [2.05, 4.69) is 87.1 Å². The number of hydrogen-bond donors (Lipinski definition) is 1. The number of anilines is 3. The van der Waals surface area contributed by atoms with E-state index in [1.807, 2.05) is 12.1 Å². The highest BCUT2D eigenvalue weighted by Crippen LogP contribution is 2.33. The van der Waals surface area contributed by atoms with Crippen molar-refractivity contribution in [2.75, 3.05) is 50.0 Å². The SMILES string of the molecule is Cc1ccc(Nc2c(-c3ccc(F)cc3)nc3n2CCN(Cc2ccc(N4CCN(C)CC4)cc2)C3)cc1. The van der Waals surface area contributed by atoms with Gasteiger partial charge in [0, 0.05) is 62.8 Å². The van der Waals surface area contributed by atoms with Gasteiger partial charge in [-0.25, -0.2) is 9.37 Å². The van der Waals surface area contributed by atoms with Gasteiger partial charge in [-0.3, -0.25) is 4.90 Å². The Labute approximate surface area is 224 Å². The van der Waals surface area contributed by atoms with Crippen LogP contribution in [0.4, 0.5) is 21.6 Å². The first-order valence-electron chi connectivity index (χ1n) is 13.5. The van der Waals surface area contributed by atoms with E-state index in [1.54, 1.807) is 0 Å². The van der Waals surface area contributed by atoms with Crippen LogP contribution in [0.5, 0.6) is 0 Å². The molecule has 0 unspecified atom stereocenters. The smallest absolute Gasteiger partial charge is 0.138 e. The summed E-state index contributed by atoms with van der Waals surface area (Å²) in [4.78, 5) is 12.4. The number of likely N-dealkylation sites (N-methyl/N-ethyl adjacent to an activating group) is 1. The van der Waals surface area contributed by atoms with Crippen LogP contribution in [0.25, 0.3) is 11.3 Å². The minimum atomic E-state index is -0.240. The van der Waals surface area contributed by atoms with E-state index in [9.17, 15) is 4.39 Å². The van der Waals surface area contributed by atoms with Gasteiger partial charge >= 0.3 is 0 Å². The normalized spacial score (nSPS) is 16.4. The average Bonchev–Trinajstić information content (AvgIpc) is 3.28. The summed E-state index contributed by atoms with van der Waals surface area (Å²) in [7, 11) is 2.19. The second kappa shape index (κ2) is 10.6. The lowest BCUT2D eigenvalue weighted by molar-refractivity contribution is 0.210. The van der Waals surface area contributed by atoms with Gasteiger partial charge in [-0.15, -0.1) is 0 Å². The Balaban J connectivity index is 1.21. The first-order valence-corrected chi connectivity index (χ1v) is 13.5. The highest BCUT2D eigenvalue weighted by Gasteiger charge is 2.25. The first kappa shape index (κ1) is 24.6. The Morgan fingerprint density at radius 1 is 0.816 bits per heavy atom. The van der Waals surface area contributed by atoms with Gasteiger partial charge in [-0.1, -0.05) is 29.8 Å². The molecule has 6 rings (SSSR count). The lowest BCUT2D eigenvalue weighted by atomic mass is 10.1.